The Balaban J connectivity index is 1.49. The minimum atomic E-state index is -0.858. The number of likely N-dealkylation sites (tertiary alicyclic amines) is 1. The fourth-order valence-electron chi connectivity index (χ4n) is 3.88. The number of carbonyl (C=O) groups excluding carboxylic acids is 2. The van der Waals surface area contributed by atoms with Crippen LogP contribution in [0.15, 0.2) is 54.7 Å². The number of nitrogens with two attached hydrogens (primary N) is 2. The number of ether oxygens (including phenoxy) is 2. The Bertz CT molecular complexity index is 1260. The topological polar surface area (TPSA) is 158 Å². The van der Waals surface area contributed by atoms with Crippen LogP contribution in [0.5, 0.6) is 5.88 Å². The van der Waals surface area contributed by atoms with Crippen LogP contribution in [0.25, 0.3) is 0 Å². The van der Waals surface area contributed by atoms with Crippen LogP contribution in [0, 0.1) is 5.82 Å². The minimum absolute atomic E-state index is 0.0353. The fourth-order valence-corrected chi connectivity index (χ4v) is 3.88. The van der Waals surface area contributed by atoms with Crippen LogP contribution in [0.2, 0.25) is 0 Å². The van der Waals surface area contributed by atoms with Gasteiger partial charge in [-0.15, -0.1) is 0 Å². The van der Waals surface area contributed by atoms with Gasteiger partial charge in [0.2, 0.25) is 5.88 Å². The van der Waals surface area contributed by atoms with E-state index < -0.39 is 23.9 Å². The van der Waals surface area contributed by atoms with E-state index >= 15 is 0 Å². The van der Waals surface area contributed by atoms with Crippen molar-refractivity contribution in [1.29, 1.82) is 0 Å². The van der Waals surface area contributed by atoms with Gasteiger partial charge in [-0.3, -0.25) is 4.79 Å². The lowest BCUT2D eigenvalue weighted by Crippen LogP contribution is -2.55. The van der Waals surface area contributed by atoms with Crippen LogP contribution in [-0.4, -0.2) is 59.2 Å². The highest BCUT2D eigenvalue weighted by Crippen LogP contribution is 2.26. The normalized spacial score (nSPS) is 17.1. The molecule has 2 aromatic heterocycles. The first-order valence-electron chi connectivity index (χ1n) is 11.6. The number of nitrogens with one attached hydrogen (secondary N) is 2. The van der Waals surface area contributed by atoms with E-state index in [1.807, 2.05) is 30.3 Å². The Morgan fingerprint density at radius 2 is 1.97 bits per heavy atom. The van der Waals surface area contributed by atoms with Gasteiger partial charge in [0.05, 0.1) is 18.7 Å². The van der Waals surface area contributed by atoms with E-state index in [9.17, 15) is 14.0 Å². The molecule has 1 aromatic carbocycles. The zero-order chi connectivity index (χ0) is 26.4. The SMILES string of the molecule is COc1cc(Nc2nc(N[C@H]3CN(C(=O)OCc4ccccc4)CC[C@H]3N)c(F)cc2C(N)=O)ccn1. The first kappa shape index (κ1) is 25.6. The van der Waals surface area contributed by atoms with Gasteiger partial charge in [-0.05, 0) is 24.1 Å². The number of methoxy groups -OCH3 is 1. The number of aromatic nitrogens is 2. The molecule has 11 nitrogen and oxygen atoms in total. The van der Waals surface area contributed by atoms with Crippen LogP contribution < -0.4 is 26.8 Å². The minimum Gasteiger partial charge on any atom is -0.481 e. The molecule has 4 rings (SSSR count). The fraction of sp³-hybridized carbons (Fsp3) is 0.280. The molecule has 1 fully saturated rings. The summed E-state index contributed by atoms with van der Waals surface area (Å²) in [6.07, 6.45) is 1.48. The third kappa shape index (κ3) is 6.41. The van der Waals surface area contributed by atoms with Crippen molar-refractivity contribution >= 4 is 29.3 Å². The molecule has 6 N–H and O–H groups in total. The number of anilines is 3. The number of hydrogen-bond acceptors (Lipinski definition) is 9. The summed E-state index contributed by atoms with van der Waals surface area (Å²) >= 11 is 0. The maximum atomic E-state index is 15.0. The molecule has 0 saturated carbocycles. The number of benzene rings is 1. The first-order valence-corrected chi connectivity index (χ1v) is 11.6. The number of carbonyl (C=O) groups is 2. The lowest BCUT2D eigenvalue weighted by Gasteiger charge is -2.37. The summed E-state index contributed by atoms with van der Waals surface area (Å²) in [7, 11) is 1.47. The van der Waals surface area contributed by atoms with E-state index in [1.54, 1.807) is 12.1 Å². The summed E-state index contributed by atoms with van der Waals surface area (Å²) in [6.45, 7) is 0.720. The molecule has 3 heterocycles. The van der Waals surface area contributed by atoms with Crippen molar-refractivity contribution in [1.82, 2.24) is 14.9 Å². The molecule has 0 unspecified atom stereocenters. The molecule has 2 amide bonds. The van der Waals surface area contributed by atoms with Gasteiger partial charge in [0.15, 0.2) is 11.6 Å². The summed E-state index contributed by atoms with van der Waals surface area (Å²) in [5, 5.41) is 5.93. The number of halogens is 1. The maximum Gasteiger partial charge on any atom is 0.410 e. The van der Waals surface area contributed by atoms with Gasteiger partial charge in [0.25, 0.3) is 5.91 Å². The van der Waals surface area contributed by atoms with E-state index in [2.05, 4.69) is 20.6 Å². The van der Waals surface area contributed by atoms with Gasteiger partial charge in [0.1, 0.15) is 12.4 Å². The summed E-state index contributed by atoms with van der Waals surface area (Å²) in [6, 6.07) is 12.6. The average Bonchev–Trinajstić information content (AvgIpc) is 2.90. The highest BCUT2D eigenvalue weighted by atomic mass is 19.1. The zero-order valence-electron chi connectivity index (χ0n) is 20.2. The number of hydrogen-bond donors (Lipinski definition) is 4. The Kier molecular flexibility index (Phi) is 7.98. The average molecular weight is 510 g/mol. The largest absolute Gasteiger partial charge is 0.481 e. The van der Waals surface area contributed by atoms with Crippen LogP contribution in [0.1, 0.15) is 22.3 Å². The molecule has 1 saturated heterocycles. The molecule has 194 valence electrons. The predicted molar refractivity (Wildman–Crippen MR) is 135 cm³/mol. The molecular weight excluding hydrogens is 481 g/mol. The second-order valence-electron chi connectivity index (χ2n) is 8.48. The van der Waals surface area contributed by atoms with Crippen molar-refractivity contribution in [2.24, 2.45) is 11.5 Å². The predicted octanol–water partition coefficient (Wildman–Crippen LogP) is 2.62. The van der Waals surface area contributed by atoms with E-state index in [1.165, 1.54) is 18.2 Å². The van der Waals surface area contributed by atoms with Crippen LogP contribution in [0.4, 0.5) is 26.5 Å². The number of piperidine rings is 1. The van der Waals surface area contributed by atoms with Gasteiger partial charge in [0, 0.05) is 37.1 Å². The number of rotatable bonds is 8. The van der Waals surface area contributed by atoms with Gasteiger partial charge >= 0.3 is 6.09 Å². The molecule has 0 spiro atoms. The Morgan fingerprint density at radius 1 is 1.19 bits per heavy atom. The number of amides is 2. The van der Waals surface area contributed by atoms with E-state index in [-0.39, 0.29) is 36.4 Å². The summed E-state index contributed by atoms with van der Waals surface area (Å²) < 4.78 is 25.5. The number of primary amides is 1. The smallest absolute Gasteiger partial charge is 0.410 e. The van der Waals surface area contributed by atoms with Gasteiger partial charge in [-0.2, -0.15) is 0 Å². The van der Waals surface area contributed by atoms with Gasteiger partial charge < -0.3 is 36.5 Å². The molecular formula is C25H28FN7O4. The molecule has 0 bridgehead atoms. The molecule has 37 heavy (non-hydrogen) atoms. The van der Waals surface area contributed by atoms with E-state index in [0.29, 0.717) is 24.5 Å². The van der Waals surface area contributed by atoms with Gasteiger partial charge in [-0.1, -0.05) is 30.3 Å². The highest BCUT2D eigenvalue weighted by Gasteiger charge is 2.31. The Labute approximate surface area is 213 Å². The standard InChI is InChI=1S/C25H28FN7O4/c1-36-21-11-16(7-9-29-21)30-23-17(22(28)34)12-18(26)24(32-23)31-20-13-33(10-8-19(20)27)25(35)37-14-15-5-3-2-4-6-15/h2-7,9,11-12,19-20H,8,10,13-14,27H2,1H3,(H2,28,34)(H2,29,30,31,32)/t19-,20+/m1/s1. The Hall–Kier alpha value is -4.45. The molecule has 2 atom stereocenters. The molecule has 0 radical (unpaired) electrons. The van der Waals surface area contributed by atoms with Crippen molar-refractivity contribution in [3.63, 3.8) is 0 Å². The van der Waals surface area contributed by atoms with E-state index in [4.69, 9.17) is 20.9 Å². The Morgan fingerprint density at radius 3 is 2.70 bits per heavy atom. The van der Waals surface area contributed by atoms with Crippen LogP contribution in [0.3, 0.4) is 0 Å². The van der Waals surface area contributed by atoms with Crippen molar-refractivity contribution < 1.29 is 23.5 Å². The molecule has 3 aromatic rings. The van der Waals surface area contributed by atoms with E-state index in [0.717, 1.165) is 11.6 Å². The molecule has 1 aliphatic rings. The summed E-state index contributed by atoms with van der Waals surface area (Å²) in [5.74, 6) is -1.43. The second-order valence-corrected chi connectivity index (χ2v) is 8.48. The summed E-state index contributed by atoms with van der Waals surface area (Å²) in [4.78, 5) is 34.4. The zero-order valence-corrected chi connectivity index (χ0v) is 20.2. The van der Waals surface area contributed by atoms with Gasteiger partial charge in [-0.25, -0.2) is 19.2 Å². The van der Waals surface area contributed by atoms with Crippen LogP contribution >= 0.6 is 0 Å². The second kappa shape index (κ2) is 11.5. The van der Waals surface area contributed by atoms with Crippen molar-refractivity contribution in [3.05, 3.63) is 71.7 Å². The molecule has 0 aliphatic carbocycles. The van der Waals surface area contributed by atoms with Crippen molar-refractivity contribution in [2.75, 3.05) is 30.8 Å². The number of pyridine rings is 2. The lowest BCUT2D eigenvalue weighted by molar-refractivity contribution is 0.0849. The summed E-state index contributed by atoms with van der Waals surface area (Å²) in [5.41, 5.74) is 13.0. The third-order valence-electron chi connectivity index (χ3n) is 5.90. The van der Waals surface area contributed by atoms with Crippen LogP contribution in [-0.2, 0) is 11.3 Å². The first-order chi connectivity index (χ1) is 17.8. The quantitative estimate of drug-likeness (QED) is 0.358. The highest BCUT2D eigenvalue weighted by molar-refractivity contribution is 5.98. The molecule has 1 aliphatic heterocycles. The maximum absolute atomic E-state index is 15.0. The molecule has 12 heteroatoms. The van der Waals surface area contributed by atoms with Crippen molar-refractivity contribution in [3.8, 4) is 5.88 Å². The monoisotopic (exact) mass is 509 g/mol. The number of nitrogens with zero attached hydrogens (tertiary/aromatic N) is 3. The van der Waals surface area contributed by atoms with Crippen molar-refractivity contribution in [2.45, 2.75) is 25.1 Å². The lowest BCUT2D eigenvalue weighted by atomic mass is 10.0. The third-order valence-corrected chi connectivity index (χ3v) is 5.90.